The molecule has 2 saturated carbocycles. The zero-order valence-corrected chi connectivity index (χ0v) is 17.4. The van der Waals surface area contributed by atoms with Crippen LogP contribution in [0.3, 0.4) is 0 Å². The fourth-order valence-corrected chi connectivity index (χ4v) is 5.53. The molecule has 0 aliphatic heterocycles. The Morgan fingerprint density at radius 2 is 1.33 bits per heavy atom. The lowest BCUT2D eigenvalue weighted by Gasteiger charge is -2.40. The molecule has 0 saturated heterocycles. The van der Waals surface area contributed by atoms with E-state index in [0.29, 0.717) is 36.7 Å². The van der Waals surface area contributed by atoms with Gasteiger partial charge < -0.3 is 4.74 Å². The summed E-state index contributed by atoms with van der Waals surface area (Å²) in [5.74, 6) is -2.80. The van der Waals surface area contributed by atoms with Gasteiger partial charge in [-0.1, -0.05) is 39.2 Å². The lowest BCUT2D eigenvalue weighted by atomic mass is 9.69. The van der Waals surface area contributed by atoms with Crippen molar-refractivity contribution in [1.29, 1.82) is 0 Å². The second-order valence-corrected chi connectivity index (χ2v) is 11.2. The third-order valence-electron chi connectivity index (χ3n) is 6.55. The fourth-order valence-electron chi connectivity index (χ4n) is 4.78. The van der Waals surface area contributed by atoms with Crippen LogP contribution in [0.15, 0.2) is 23.1 Å². The first-order valence-electron chi connectivity index (χ1n) is 10.2. The van der Waals surface area contributed by atoms with Gasteiger partial charge in [-0.15, -0.1) is 0 Å². The summed E-state index contributed by atoms with van der Waals surface area (Å²) in [4.78, 5) is -2.74. The molecular formula is C20H26F8OS. The third kappa shape index (κ3) is 5.53. The summed E-state index contributed by atoms with van der Waals surface area (Å²) in [5, 5.41) is 0. The molecule has 0 amide bonds. The average Bonchev–Trinajstić information content (AvgIpc) is 2.60. The second-order valence-electron chi connectivity index (χ2n) is 8.86. The van der Waals surface area contributed by atoms with Crippen LogP contribution in [-0.4, -0.2) is 6.11 Å². The summed E-state index contributed by atoms with van der Waals surface area (Å²) >= 11 is 0. The number of rotatable bonds is 5. The lowest BCUT2D eigenvalue weighted by molar-refractivity contribution is -0.224. The minimum absolute atomic E-state index is 0.0596. The Morgan fingerprint density at radius 1 is 0.833 bits per heavy atom. The van der Waals surface area contributed by atoms with Gasteiger partial charge in [-0.3, -0.25) is 0 Å². The van der Waals surface area contributed by atoms with E-state index < -0.39 is 38.7 Å². The Kier molecular flexibility index (Phi) is 5.61. The number of benzene rings is 1. The van der Waals surface area contributed by atoms with Crippen LogP contribution in [0, 0.1) is 29.5 Å². The van der Waals surface area contributed by atoms with Crippen LogP contribution in [0.25, 0.3) is 0 Å². The summed E-state index contributed by atoms with van der Waals surface area (Å²) < 4.78 is 111. The first-order valence-corrected chi connectivity index (χ1v) is 12.1. The van der Waals surface area contributed by atoms with E-state index in [0.717, 1.165) is 25.7 Å². The highest BCUT2D eigenvalue weighted by atomic mass is 32.5. The Hall–Kier alpha value is -1.19. The molecule has 1 aromatic rings. The van der Waals surface area contributed by atoms with Crippen LogP contribution in [0.5, 0.6) is 5.75 Å². The number of halogens is 8. The van der Waals surface area contributed by atoms with Gasteiger partial charge in [-0.2, -0.15) is 8.78 Å². The number of alkyl halides is 2. The Labute approximate surface area is 170 Å². The molecular weight excluding hydrogens is 440 g/mol. The van der Waals surface area contributed by atoms with Gasteiger partial charge in [0.25, 0.3) is 0 Å². The zero-order valence-electron chi connectivity index (χ0n) is 16.5. The van der Waals surface area contributed by atoms with Gasteiger partial charge in [0, 0.05) is 6.07 Å². The maximum absolute atomic E-state index is 14.5. The molecule has 0 unspecified atom stereocenters. The second kappa shape index (κ2) is 7.17. The minimum atomic E-state index is -10.3. The third-order valence-corrected chi connectivity index (χ3v) is 7.71. The summed E-state index contributed by atoms with van der Waals surface area (Å²) in [5.41, 5.74) is 0. The van der Waals surface area contributed by atoms with Gasteiger partial charge in [-0.25, -0.2) is 4.39 Å². The standard InChI is InChI=1S/C20H26F8OS/c1-13-2-4-14(5-3-13)15-6-8-16(9-7-15)20(22,23)29-17-10-11-19(18(21)12-17)30(24,25,26,27)28/h10-16H,2-9H2,1H3. The summed E-state index contributed by atoms with van der Waals surface area (Å²) in [7, 11) is -10.3. The van der Waals surface area contributed by atoms with Crippen LogP contribution >= 0.6 is 10.2 Å². The van der Waals surface area contributed by atoms with E-state index in [9.17, 15) is 32.6 Å². The molecule has 3 rings (SSSR count). The summed E-state index contributed by atoms with van der Waals surface area (Å²) in [6.45, 7) is 2.21. The molecule has 30 heavy (non-hydrogen) atoms. The van der Waals surface area contributed by atoms with E-state index >= 15 is 0 Å². The van der Waals surface area contributed by atoms with E-state index in [2.05, 4.69) is 11.7 Å². The maximum atomic E-state index is 14.5. The van der Waals surface area contributed by atoms with Crippen LogP contribution in [-0.2, 0) is 0 Å². The predicted octanol–water partition coefficient (Wildman–Crippen LogP) is 9.09. The van der Waals surface area contributed by atoms with Gasteiger partial charge >= 0.3 is 16.3 Å². The lowest BCUT2D eigenvalue weighted by Crippen LogP contribution is -2.38. The number of hydrogen-bond donors (Lipinski definition) is 0. The minimum Gasteiger partial charge on any atom is -0.432 e. The first-order chi connectivity index (χ1) is 13.5. The molecule has 0 aromatic heterocycles. The Balaban J connectivity index is 1.63. The quantitative estimate of drug-likeness (QED) is 0.393. The van der Waals surface area contributed by atoms with Gasteiger partial charge in [0.05, 0.1) is 5.92 Å². The molecule has 0 bridgehead atoms. The number of ether oxygens (including phenoxy) is 1. The van der Waals surface area contributed by atoms with Gasteiger partial charge in [-0.05, 0) is 68.4 Å². The molecule has 10 heteroatoms. The smallest absolute Gasteiger partial charge is 0.400 e. The summed E-state index contributed by atoms with van der Waals surface area (Å²) in [6.07, 6.45) is 2.36. The topological polar surface area (TPSA) is 9.23 Å². The normalized spacial score (nSPS) is 31.0. The van der Waals surface area contributed by atoms with Crippen molar-refractivity contribution in [2.24, 2.45) is 23.7 Å². The molecule has 2 aliphatic carbocycles. The Bertz CT molecular complexity index is 763. The van der Waals surface area contributed by atoms with Gasteiger partial charge in [0.2, 0.25) is 0 Å². The molecule has 0 atom stereocenters. The molecule has 174 valence electrons. The first kappa shape index (κ1) is 23.5. The zero-order chi connectivity index (χ0) is 22.4. The summed E-state index contributed by atoms with van der Waals surface area (Å²) in [6, 6.07) is -0.00170. The SMILES string of the molecule is CC1CCC(C2CCC(C(F)(F)Oc3ccc(S(F)(F)(F)(F)F)c(F)c3)CC2)CC1. The average molecular weight is 466 g/mol. The molecule has 1 aromatic carbocycles. The van der Waals surface area contributed by atoms with Crippen molar-refractivity contribution in [3.8, 4) is 5.75 Å². The maximum Gasteiger partial charge on any atom is 0.400 e. The van der Waals surface area contributed by atoms with Crippen molar-refractivity contribution in [2.45, 2.75) is 69.3 Å². The Morgan fingerprint density at radius 3 is 1.80 bits per heavy atom. The van der Waals surface area contributed by atoms with Crippen molar-refractivity contribution in [3.05, 3.63) is 24.0 Å². The monoisotopic (exact) mass is 466 g/mol. The van der Waals surface area contributed by atoms with E-state index in [1.54, 1.807) is 0 Å². The van der Waals surface area contributed by atoms with E-state index in [1.807, 2.05) is 0 Å². The highest BCUT2D eigenvalue weighted by Crippen LogP contribution is 3.02. The van der Waals surface area contributed by atoms with Crippen molar-refractivity contribution in [2.75, 3.05) is 0 Å². The molecule has 0 radical (unpaired) electrons. The molecule has 1 nitrogen and oxygen atoms in total. The van der Waals surface area contributed by atoms with Crippen LogP contribution < -0.4 is 4.74 Å². The fraction of sp³-hybridized carbons (Fsp3) is 0.700. The van der Waals surface area contributed by atoms with Crippen LogP contribution in [0.1, 0.15) is 58.3 Å². The van der Waals surface area contributed by atoms with Gasteiger partial charge in [0.15, 0.2) is 0 Å². The highest BCUT2D eigenvalue weighted by molar-refractivity contribution is 8.45. The highest BCUT2D eigenvalue weighted by Gasteiger charge is 2.67. The van der Waals surface area contributed by atoms with Crippen molar-refractivity contribution >= 4 is 10.2 Å². The van der Waals surface area contributed by atoms with E-state index in [4.69, 9.17) is 0 Å². The molecule has 0 spiro atoms. The number of hydrogen-bond acceptors (Lipinski definition) is 1. The van der Waals surface area contributed by atoms with Crippen molar-refractivity contribution in [1.82, 2.24) is 0 Å². The van der Waals surface area contributed by atoms with Crippen LogP contribution in [0.4, 0.5) is 32.6 Å². The molecule has 2 fully saturated rings. The molecule has 0 heterocycles. The predicted molar refractivity (Wildman–Crippen MR) is 99.9 cm³/mol. The molecule has 0 N–H and O–H groups in total. The van der Waals surface area contributed by atoms with E-state index in [1.165, 1.54) is 0 Å². The van der Waals surface area contributed by atoms with Crippen molar-refractivity contribution in [3.63, 3.8) is 0 Å². The molecule has 2 aliphatic rings. The van der Waals surface area contributed by atoms with Crippen molar-refractivity contribution < 1.29 is 37.3 Å². The van der Waals surface area contributed by atoms with E-state index in [-0.39, 0.29) is 25.0 Å². The largest absolute Gasteiger partial charge is 0.432 e. The van der Waals surface area contributed by atoms with Crippen LogP contribution in [0.2, 0.25) is 0 Å². The van der Waals surface area contributed by atoms with Gasteiger partial charge in [0.1, 0.15) is 16.5 Å².